The molecular weight excluding hydrogens is 204 g/mol. The van der Waals surface area contributed by atoms with Crippen LogP contribution in [0.15, 0.2) is 81.2 Å². The molecule has 0 unspecified atom stereocenters. The molecule has 0 amide bonds. The normalized spacial score (nSPS) is 20.0. The maximum atomic E-state index is 3.81. The predicted octanol–water partition coefficient (Wildman–Crippen LogP) is 2.63. The molecule has 0 aliphatic carbocycles. The van der Waals surface area contributed by atoms with Gasteiger partial charge in [0, 0.05) is 24.8 Å². The molecule has 0 spiro atoms. The third kappa shape index (κ3) is 2.74. The average molecular weight is 212 g/mol. The van der Waals surface area contributed by atoms with Crippen molar-refractivity contribution in [3.05, 3.63) is 60.7 Å². The minimum Gasteiger partial charge on any atom is -0.262 e. The maximum Gasteiger partial charge on any atom is 0.115 e. The average Bonchev–Trinajstić information content (AvgIpc) is 3.05. The Bertz CT molecular complexity index is 399. The molecule has 0 radical (unpaired) electrons. The first-order chi connectivity index (χ1) is 7.97. The van der Waals surface area contributed by atoms with Gasteiger partial charge in [0.2, 0.25) is 0 Å². The Kier molecular flexibility index (Phi) is 3.38. The Balaban J connectivity index is 0.000000138. The van der Waals surface area contributed by atoms with Gasteiger partial charge in [-0.05, 0) is 12.2 Å². The van der Waals surface area contributed by atoms with Gasteiger partial charge in [0.1, 0.15) is 11.4 Å². The van der Waals surface area contributed by atoms with Crippen molar-refractivity contribution in [3.8, 4) is 0 Å². The fourth-order valence-electron chi connectivity index (χ4n) is 0.992. The molecule has 0 atom stereocenters. The molecule has 0 saturated carbocycles. The van der Waals surface area contributed by atoms with Crippen LogP contribution in [0.4, 0.5) is 0 Å². The molecule has 0 fully saturated rings. The van der Waals surface area contributed by atoms with E-state index in [0.29, 0.717) is 0 Å². The SMILES string of the molecule is C1=CC(=C2C=CN=N2)N=N1.c1cnccn1. The highest BCUT2D eigenvalue weighted by Crippen LogP contribution is 2.19. The number of aromatic nitrogens is 2. The van der Waals surface area contributed by atoms with E-state index in [-0.39, 0.29) is 0 Å². The highest BCUT2D eigenvalue weighted by atomic mass is 15.2. The summed E-state index contributed by atoms with van der Waals surface area (Å²) >= 11 is 0. The Morgan fingerprint density at radius 2 is 1.06 bits per heavy atom. The number of hydrogen-bond acceptors (Lipinski definition) is 6. The summed E-state index contributed by atoms with van der Waals surface area (Å²) in [4.78, 5) is 7.44. The number of rotatable bonds is 0. The molecule has 0 N–H and O–H groups in total. The third-order valence-corrected chi connectivity index (χ3v) is 1.67. The van der Waals surface area contributed by atoms with Crippen LogP contribution in [0.3, 0.4) is 0 Å². The Morgan fingerprint density at radius 3 is 1.31 bits per heavy atom. The first-order valence-electron chi connectivity index (χ1n) is 4.56. The smallest absolute Gasteiger partial charge is 0.115 e. The topological polar surface area (TPSA) is 75.2 Å². The van der Waals surface area contributed by atoms with Gasteiger partial charge in [-0.3, -0.25) is 9.97 Å². The van der Waals surface area contributed by atoms with Crippen LogP contribution in [0.2, 0.25) is 0 Å². The van der Waals surface area contributed by atoms with E-state index in [4.69, 9.17) is 0 Å². The minimum atomic E-state index is 0.775. The molecule has 6 nitrogen and oxygen atoms in total. The molecule has 2 aliphatic rings. The number of nitrogens with zero attached hydrogens (tertiary/aromatic N) is 6. The lowest BCUT2D eigenvalue weighted by Gasteiger charge is -1.85. The van der Waals surface area contributed by atoms with E-state index < -0.39 is 0 Å². The van der Waals surface area contributed by atoms with Crippen LogP contribution in [0.1, 0.15) is 0 Å². The van der Waals surface area contributed by atoms with Gasteiger partial charge < -0.3 is 0 Å². The second-order valence-corrected chi connectivity index (χ2v) is 2.73. The molecule has 0 bridgehead atoms. The molecule has 6 heteroatoms. The van der Waals surface area contributed by atoms with Crippen molar-refractivity contribution < 1.29 is 0 Å². The quantitative estimate of drug-likeness (QED) is 0.662. The van der Waals surface area contributed by atoms with E-state index in [0.717, 1.165) is 11.4 Å². The van der Waals surface area contributed by atoms with E-state index in [1.807, 2.05) is 0 Å². The van der Waals surface area contributed by atoms with Crippen molar-refractivity contribution in [3.63, 3.8) is 0 Å². The van der Waals surface area contributed by atoms with Crippen molar-refractivity contribution in [2.75, 3.05) is 0 Å². The molecule has 1 aromatic rings. The number of hydrogen-bond donors (Lipinski definition) is 0. The first-order valence-corrected chi connectivity index (χ1v) is 4.56. The summed E-state index contributed by atoms with van der Waals surface area (Å²) in [6.45, 7) is 0. The monoisotopic (exact) mass is 212 g/mol. The van der Waals surface area contributed by atoms with Gasteiger partial charge >= 0.3 is 0 Å². The van der Waals surface area contributed by atoms with E-state index >= 15 is 0 Å². The Morgan fingerprint density at radius 1 is 0.625 bits per heavy atom. The fraction of sp³-hybridized carbons (Fsp3) is 0. The Hall–Kier alpha value is -2.50. The second-order valence-electron chi connectivity index (χ2n) is 2.73. The fourth-order valence-corrected chi connectivity index (χ4v) is 0.992. The summed E-state index contributed by atoms with van der Waals surface area (Å²) in [5.41, 5.74) is 1.55. The highest BCUT2D eigenvalue weighted by molar-refractivity contribution is 5.34. The zero-order valence-electron chi connectivity index (χ0n) is 8.30. The summed E-state index contributed by atoms with van der Waals surface area (Å²) in [5.74, 6) is 0. The largest absolute Gasteiger partial charge is 0.262 e. The van der Waals surface area contributed by atoms with Crippen LogP contribution in [0.5, 0.6) is 0 Å². The molecule has 3 rings (SSSR count). The molecular formula is C10H8N6. The van der Waals surface area contributed by atoms with Crippen molar-refractivity contribution in [2.45, 2.75) is 0 Å². The number of azo groups is 2. The molecule has 0 aromatic carbocycles. The van der Waals surface area contributed by atoms with Crippen LogP contribution in [0.25, 0.3) is 0 Å². The van der Waals surface area contributed by atoms with E-state index in [1.165, 1.54) is 0 Å². The minimum absolute atomic E-state index is 0.775. The molecule has 78 valence electrons. The van der Waals surface area contributed by atoms with Crippen molar-refractivity contribution >= 4 is 0 Å². The van der Waals surface area contributed by atoms with E-state index in [1.54, 1.807) is 49.3 Å². The lowest BCUT2D eigenvalue weighted by atomic mass is 10.3. The van der Waals surface area contributed by atoms with Crippen LogP contribution in [0, 0.1) is 0 Å². The van der Waals surface area contributed by atoms with Gasteiger partial charge in [-0.25, -0.2) is 0 Å². The van der Waals surface area contributed by atoms with Crippen molar-refractivity contribution in [2.24, 2.45) is 20.5 Å². The van der Waals surface area contributed by atoms with Gasteiger partial charge in [0.25, 0.3) is 0 Å². The van der Waals surface area contributed by atoms with Crippen LogP contribution < -0.4 is 0 Å². The van der Waals surface area contributed by atoms with Crippen molar-refractivity contribution in [1.29, 1.82) is 0 Å². The molecule has 16 heavy (non-hydrogen) atoms. The zero-order chi connectivity index (χ0) is 11.1. The second kappa shape index (κ2) is 5.40. The summed E-state index contributed by atoms with van der Waals surface area (Å²) in [6.07, 6.45) is 13.4. The maximum absolute atomic E-state index is 3.81. The molecule has 1 aromatic heterocycles. The summed E-state index contributed by atoms with van der Waals surface area (Å²) < 4.78 is 0. The number of allylic oxidation sites excluding steroid dienone is 2. The molecule has 0 saturated heterocycles. The van der Waals surface area contributed by atoms with Gasteiger partial charge in [0.15, 0.2) is 0 Å². The first kappa shape index (κ1) is 10.0. The predicted molar refractivity (Wildman–Crippen MR) is 57.1 cm³/mol. The van der Waals surface area contributed by atoms with Gasteiger partial charge in [-0.1, -0.05) is 0 Å². The van der Waals surface area contributed by atoms with Crippen LogP contribution in [-0.2, 0) is 0 Å². The summed E-state index contributed by atoms with van der Waals surface area (Å²) in [5, 5.41) is 14.9. The third-order valence-electron chi connectivity index (χ3n) is 1.67. The van der Waals surface area contributed by atoms with E-state index in [2.05, 4.69) is 30.4 Å². The van der Waals surface area contributed by atoms with Crippen LogP contribution >= 0.6 is 0 Å². The lowest BCUT2D eigenvalue weighted by molar-refractivity contribution is 1.15. The highest BCUT2D eigenvalue weighted by Gasteiger charge is 2.04. The van der Waals surface area contributed by atoms with Crippen LogP contribution in [-0.4, -0.2) is 9.97 Å². The van der Waals surface area contributed by atoms with E-state index in [9.17, 15) is 0 Å². The molecule has 3 heterocycles. The Labute approximate surface area is 91.9 Å². The van der Waals surface area contributed by atoms with Crippen molar-refractivity contribution in [1.82, 2.24) is 9.97 Å². The lowest BCUT2D eigenvalue weighted by Crippen LogP contribution is -1.72. The summed E-state index contributed by atoms with van der Waals surface area (Å²) in [6, 6.07) is 0. The van der Waals surface area contributed by atoms with Gasteiger partial charge in [0.05, 0.1) is 12.4 Å². The standard InChI is InChI=1S/C6H4N4.C4H4N2/c1-3-7-9-5(1)6-2-4-8-10-6;1-2-6-4-3-5-1/h1-4H;1-4H. The molecule has 2 aliphatic heterocycles. The van der Waals surface area contributed by atoms with Gasteiger partial charge in [-0.15, -0.1) is 10.2 Å². The zero-order valence-corrected chi connectivity index (χ0v) is 8.30. The summed E-state index contributed by atoms with van der Waals surface area (Å²) in [7, 11) is 0. The van der Waals surface area contributed by atoms with Gasteiger partial charge in [-0.2, -0.15) is 10.2 Å².